The van der Waals surface area contributed by atoms with E-state index in [9.17, 15) is 9.18 Å². The van der Waals surface area contributed by atoms with Crippen LogP contribution in [0.2, 0.25) is 0 Å². The molecule has 19 heavy (non-hydrogen) atoms. The summed E-state index contributed by atoms with van der Waals surface area (Å²) >= 11 is 0. The highest BCUT2D eigenvalue weighted by molar-refractivity contribution is 5.88. The van der Waals surface area contributed by atoms with Crippen molar-refractivity contribution in [1.29, 1.82) is 0 Å². The van der Waals surface area contributed by atoms with E-state index >= 15 is 0 Å². The Morgan fingerprint density at radius 2 is 2.00 bits per heavy atom. The van der Waals surface area contributed by atoms with Gasteiger partial charge in [-0.3, -0.25) is 0 Å². The molecule has 5 heteroatoms. The average Bonchev–Trinajstić information content (AvgIpc) is 2.39. The van der Waals surface area contributed by atoms with Crippen LogP contribution in [0.3, 0.4) is 0 Å². The van der Waals surface area contributed by atoms with Crippen LogP contribution in [0.4, 0.5) is 10.2 Å². The van der Waals surface area contributed by atoms with Gasteiger partial charge in [0.1, 0.15) is 11.6 Å². The Bertz CT molecular complexity index is 584. The van der Waals surface area contributed by atoms with E-state index in [4.69, 9.17) is 5.11 Å². The van der Waals surface area contributed by atoms with Gasteiger partial charge in [-0.2, -0.15) is 0 Å². The molecule has 2 rings (SSSR count). The van der Waals surface area contributed by atoms with Gasteiger partial charge in [-0.25, -0.2) is 14.2 Å². The van der Waals surface area contributed by atoms with Gasteiger partial charge in [-0.1, -0.05) is 12.1 Å². The van der Waals surface area contributed by atoms with E-state index in [0.717, 1.165) is 5.56 Å². The summed E-state index contributed by atoms with van der Waals surface area (Å²) in [6.07, 6.45) is 1.43. The molecule has 0 aliphatic heterocycles. The largest absolute Gasteiger partial charge is 0.478 e. The van der Waals surface area contributed by atoms with Crippen LogP contribution in [0.1, 0.15) is 28.9 Å². The summed E-state index contributed by atoms with van der Waals surface area (Å²) in [5, 5.41) is 12.0. The monoisotopic (exact) mass is 260 g/mol. The first-order valence-electron chi connectivity index (χ1n) is 5.77. The minimum Gasteiger partial charge on any atom is -0.478 e. The molecule has 0 fully saturated rings. The summed E-state index contributed by atoms with van der Waals surface area (Å²) in [5.74, 6) is -0.821. The zero-order valence-corrected chi connectivity index (χ0v) is 10.3. The van der Waals surface area contributed by atoms with Crippen LogP contribution in [0, 0.1) is 5.82 Å². The third-order valence-corrected chi connectivity index (χ3v) is 2.74. The molecule has 0 aliphatic rings. The molecule has 1 aromatic heterocycles. The number of hydrogen-bond donors (Lipinski definition) is 2. The summed E-state index contributed by atoms with van der Waals surface area (Å²) in [7, 11) is 0. The number of carboxylic acid groups (broad SMARTS) is 1. The number of nitrogens with zero attached hydrogens (tertiary/aromatic N) is 1. The Morgan fingerprint density at radius 3 is 2.63 bits per heavy atom. The number of rotatable bonds is 4. The molecule has 0 aliphatic carbocycles. The number of pyridine rings is 1. The topological polar surface area (TPSA) is 62.2 Å². The first kappa shape index (κ1) is 13.0. The minimum absolute atomic E-state index is 0.0999. The zero-order valence-electron chi connectivity index (χ0n) is 10.3. The number of carboxylic acids is 1. The molecule has 2 N–H and O–H groups in total. The number of halogens is 1. The highest BCUT2D eigenvalue weighted by atomic mass is 19.1. The van der Waals surface area contributed by atoms with E-state index in [-0.39, 0.29) is 17.4 Å². The zero-order chi connectivity index (χ0) is 13.8. The Labute approximate surface area is 109 Å². The van der Waals surface area contributed by atoms with Gasteiger partial charge in [-0.15, -0.1) is 0 Å². The standard InChI is InChI=1S/C14H13FN2O2/c1-9(10-2-4-12(15)5-3-10)17-13-8-11(14(18)19)6-7-16-13/h2-9H,1H3,(H,16,17)(H,18,19). The number of hydrogen-bond acceptors (Lipinski definition) is 3. The number of anilines is 1. The van der Waals surface area contributed by atoms with Crippen LogP contribution in [0.5, 0.6) is 0 Å². The maximum atomic E-state index is 12.8. The molecular formula is C14H13FN2O2. The van der Waals surface area contributed by atoms with Crippen LogP contribution in [-0.4, -0.2) is 16.1 Å². The van der Waals surface area contributed by atoms with Crippen LogP contribution < -0.4 is 5.32 Å². The molecule has 2 aromatic rings. The number of benzene rings is 1. The summed E-state index contributed by atoms with van der Waals surface area (Å²) in [6, 6.07) is 8.90. The van der Waals surface area contributed by atoms with Crippen molar-refractivity contribution in [3.63, 3.8) is 0 Å². The molecule has 0 radical (unpaired) electrons. The fourth-order valence-electron chi connectivity index (χ4n) is 1.70. The predicted molar refractivity (Wildman–Crippen MR) is 69.6 cm³/mol. The molecule has 0 bridgehead atoms. The fourth-order valence-corrected chi connectivity index (χ4v) is 1.70. The first-order valence-corrected chi connectivity index (χ1v) is 5.77. The highest BCUT2D eigenvalue weighted by Crippen LogP contribution is 2.18. The van der Waals surface area contributed by atoms with E-state index in [2.05, 4.69) is 10.3 Å². The third-order valence-electron chi connectivity index (χ3n) is 2.74. The minimum atomic E-state index is -1.00. The van der Waals surface area contributed by atoms with Crippen molar-refractivity contribution in [2.45, 2.75) is 13.0 Å². The SMILES string of the molecule is CC(Nc1cc(C(=O)O)ccn1)c1ccc(F)cc1. The smallest absolute Gasteiger partial charge is 0.335 e. The summed E-state index contributed by atoms with van der Waals surface area (Å²) in [5.41, 5.74) is 1.06. The maximum absolute atomic E-state index is 12.8. The Balaban J connectivity index is 2.14. The van der Waals surface area contributed by atoms with Gasteiger partial charge in [0.2, 0.25) is 0 Å². The van der Waals surface area contributed by atoms with Crippen molar-refractivity contribution in [1.82, 2.24) is 4.98 Å². The third kappa shape index (κ3) is 3.28. The molecule has 0 saturated carbocycles. The van der Waals surface area contributed by atoms with Crippen molar-refractivity contribution >= 4 is 11.8 Å². The van der Waals surface area contributed by atoms with Gasteiger partial charge >= 0.3 is 5.97 Å². The van der Waals surface area contributed by atoms with Gasteiger partial charge in [0.05, 0.1) is 5.56 Å². The lowest BCUT2D eigenvalue weighted by Gasteiger charge is -2.15. The lowest BCUT2D eigenvalue weighted by molar-refractivity contribution is 0.0697. The van der Waals surface area contributed by atoms with Crippen LogP contribution >= 0.6 is 0 Å². The second kappa shape index (κ2) is 5.48. The normalized spacial score (nSPS) is 11.9. The fraction of sp³-hybridized carbons (Fsp3) is 0.143. The quantitative estimate of drug-likeness (QED) is 0.886. The molecule has 4 nitrogen and oxygen atoms in total. The highest BCUT2D eigenvalue weighted by Gasteiger charge is 2.08. The summed E-state index contributed by atoms with van der Waals surface area (Å²) in [4.78, 5) is 14.9. The Hall–Kier alpha value is -2.43. The van der Waals surface area contributed by atoms with Gasteiger partial charge < -0.3 is 10.4 Å². The van der Waals surface area contributed by atoms with E-state index < -0.39 is 5.97 Å². The second-order valence-corrected chi connectivity index (χ2v) is 4.15. The molecule has 0 spiro atoms. The number of nitrogens with one attached hydrogen (secondary N) is 1. The van der Waals surface area contributed by atoms with Crippen LogP contribution in [0.15, 0.2) is 42.6 Å². The van der Waals surface area contributed by atoms with Crippen molar-refractivity contribution in [2.24, 2.45) is 0 Å². The maximum Gasteiger partial charge on any atom is 0.335 e. The predicted octanol–water partition coefficient (Wildman–Crippen LogP) is 3.09. The molecule has 1 aromatic carbocycles. The number of carbonyl (C=O) groups is 1. The van der Waals surface area contributed by atoms with Crippen LogP contribution in [0.25, 0.3) is 0 Å². The van der Waals surface area contributed by atoms with Crippen molar-refractivity contribution in [3.05, 3.63) is 59.5 Å². The molecule has 0 saturated heterocycles. The lowest BCUT2D eigenvalue weighted by Crippen LogP contribution is -2.09. The number of aromatic carboxylic acids is 1. The number of aromatic nitrogens is 1. The van der Waals surface area contributed by atoms with Gasteiger partial charge in [-0.05, 0) is 36.8 Å². The van der Waals surface area contributed by atoms with Gasteiger partial charge in [0.25, 0.3) is 0 Å². The Morgan fingerprint density at radius 1 is 1.32 bits per heavy atom. The molecule has 1 unspecified atom stereocenters. The van der Waals surface area contributed by atoms with E-state index in [1.807, 2.05) is 6.92 Å². The average molecular weight is 260 g/mol. The first-order chi connectivity index (χ1) is 9.06. The lowest BCUT2D eigenvalue weighted by atomic mass is 10.1. The van der Waals surface area contributed by atoms with Crippen molar-refractivity contribution < 1.29 is 14.3 Å². The Kier molecular flexibility index (Phi) is 3.75. The van der Waals surface area contributed by atoms with Gasteiger partial charge in [0, 0.05) is 12.2 Å². The molecule has 98 valence electrons. The van der Waals surface area contributed by atoms with E-state index in [0.29, 0.717) is 5.82 Å². The van der Waals surface area contributed by atoms with E-state index in [1.54, 1.807) is 12.1 Å². The second-order valence-electron chi connectivity index (χ2n) is 4.15. The molecular weight excluding hydrogens is 247 g/mol. The summed E-state index contributed by atoms with van der Waals surface area (Å²) < 4.78 is 12.8. The van der Waals surface area contributed by atoms with Gasteiger partial charge in [0.15, 0.2) is 0 Å². The van der Waals surface area contributed by atoms with E-state index in [1.165, 1.54) is 30.5 Å². The van der Waals surface area contributed by atoms with Crippen molar-refractivity contribution in [3.8, 4) is 0 Å². The summed E-state index contributed by atoms with van der Waals surface area (Å²) in [6.45, 7) is 1.89. The van der Waals surface area contributed by atoms with Crippen LogP contribution in [-0.2, 0) is 0 Å². The molecule has 1 atom stereocenters. The van der Waals surface area contributed by atoms with Crippen molar-refractivity contribution in [2.75, 3.05) is 5.32 Å². The molecule has 1 heterocycles. The molecule has 0 amide bonds.